The first-order valence-corrected chi connectivity index (χ1v) is 9.07. The summed E-state index contributed by atoms with van der Waals surface area (Å²) < 4.78 is 0. The molecule has 3 nitrogen and oxygen atoms in total. The van der Waals surface area contributed by atoms with Gasteiger partial charge < -0.3 is 10.4 Å². The van der Waals surface area contributed by atoms with E-state index in [-0.39, 0.29) is 17.9 Å². The molecule has 3 unspecified atom stereocenters. The lowest BCUT2D eigenvalue weighted by Crippen LogP contribution is -2.32. The maximum Gasteiger partial charge on any atom is 0.261 e. The fourth-order valence-electron chi connectivity index (χ4n) is 3.63. The lowest BCUT2D eigenvalue weighted by molar-refractivity contribution is 0.0920. The van der Waals surface area contributed by atoms with Gasteiger partial charge in [-0.15, -0.1) is 11.3 Å². The second-order valence-corrected chi connectivity index (χ2v) is 7.68. The number of aliphatic hydroxyl groups is 1. The maximum absolute atomic E-state index is 12.3. The van der Waals surface area contributed by atoms with Crippen molar-refractivity contribution in [2.45, 2.75) is 58.0 Å². The molecule has 21 heavy (non-hydrogen) atoms. The average Bonchev–Trinajstić information content (AvgIpc) is 3.09. The predicted molar refractivity (Wildman–Crippen MR) is 85.8 cm³/mol. The molecule has 116 valence electrons. The summed E-state index contributed by atoms with van der Waals surface area (Å²) in [4.78, 5) is 14.6. The number of hydrogen-bond donors (Lipinski definition) is 2. The van der Waals surface area contributed by atoms with E-state index in [0.717, 1.165) is 42.9 Å². The maximum atomic E-state index is 12.3. The molecule has 0 spiro atoms. The minimum Gasteiger partial charge on any atom is -0.393 e. The van der Waals surface area contributed by atoms with E-state index in [1.807, 2.05) is 0 Å². The minimum atomic E-state index is -0.229. The molecule has 3 atom stereocenters. The molecule has 0 bridgehead atoms. The third-order valence-electron chi connectivity index (χ3n) is 5.13. The molecule has 0 aromatic carbocycles. The first-order valence-electron chi connectivity index (χ1n) is 8.25. The number of amides is 1. The molecule has 1 heterocycles. The van der Waals surface area contributed by atoms with Crippen molar-refractivity contribution in [3.8, 4) is 0 Å². The first-order chi connectivity index (χ1) is 10.2. The summed E-state index contributed by atoms with van der Waals surface area (Å²) >= 11 is 1.66. The zero-order chi connectivity index (χ0) is 14.8. The quantitative estimate of drug-likeness (QED) is 0.897. The van der Waals surface area contributed by atoms with Gasteiger partial charge in [0, 0.05) is 17.3 Å². The Labute approximate surface area is 130 Å². The molecule has 1 aromatic heterocycles. The van der Waals surface area contributed by atoms with Gasteiger partial charge in [0.05, 0.1) is 11.0 Å². The standard InChI is InChI=1S/C17H25NO2S/c1-2-11-6-7-15-13(8-11)9-16(21-15)17(20)18-10-12-4-3-5-14(12)19/h9,11-12,14,19H,2-8,10H2,1H3,(H,18,20). The predicted octanol–water partition coefficient (Wildman–Crippen LogP) is 3.15. The van der Waals surface area contributed by atoms with Crippen LogP contribution in [0, 0.1) is 11.8 Å². The topological polar surface area (TPSA) is 49.3 Å². The number of aliphatic hydroxyl groups excluding tert-OH is 1. The SMILES string of the molecule is CCC1CCc2sc(C(=O)NCC3CCCC3O)cc2C1. The summed E-state index contributed by atoms with van der Waals surface area (Å²) in [6.45, 7) is 2.86. The van der Waals surface area contributed by atoms with Crippen molar-refractivity contribution in [2.75, 3.05) is 6.54 Å². The molecule has 0 aliphatic heterocycles. The van der Waals surface area contributed by atoms with Crippen LogP contribution in [0.15, 0.2) is 6.07 Å². The zero-order valence-electron chi connectivity index (χ0n) is 12.7. The van der Waals surface area contributed by atoms with Crippen LogP contribution in [-0.4, -0.2) is 23.7 Å². The van der Waals surface area contributed by atoms with Gasteiger partial charge in [0.1, 0.15) is 0 Å². The van der Waals surface area contributed by atoms with E-state index < -0.39 is 0 Å². The van der Waals surface area contributed by atoms with Gasteiger partial charge in [-0.2, -0.15) is 0 Å². The molecule has 2 aliphatic carbocycles. The Morgan fingerprint density at radius 1 is 1.43 bits per heavy atom. The van der Waals surface area contributed by atoms with Crippen LogP contribution in [0.1, 0.15) is 59.1 Å². The molecule has 2 N–H and O–H groups in total. The Morgan fingerprint density at radius 2 is 2.29 bits per heavy atom. The molecule has 1 fully saturated rings. The number of thiophene rings is 1. The Kier molecular flexibility index (Phi) is 4.65. The Morgan fingerprint density at radius 3 is 3.00 bits per heavy atom. The fourth-order valence-corrected chi connectivity index (χ4v) is 4.75. The molecule has 2 aliphatic rings. The van der Waals surface area contributed by atoms with Gasteiger partial charge >= 0.3 is 0 Å². The van der Waals surface area contributed by atoms with Crippen LogP contribution in [0.2, 0.25) is 0 Å². The van der Waals surface area contributed by atoms with Crippen LogP contribution >= 0.6 is 11.3 Å². The molecule has 3 rings (SSSR count). The van der Waals surface area contributed by atoms with Crippen LogP contribution in [0.5, 0.6) is 0 Å². The second kappa shape index (κ2) is 6.49. The van der Waals surface area contributed by atoms with Crippen molar-refractivity contribution in [1.82, 2.24) is 5.32 Å². The largest absolute Gasteiger partial charge is 0.393 e. The van der Waals surface area contributed by atoms with E-state index in [1.54, 1.807) is 11.3 Å². The normalized spacial score (nSPS) is 28.4. The lowest BCUT2D eigenvalue weighted by Gasteiger charge is -2.19. The van der Waals surface area contributed by atoms with Gasteiger partial charge in [-0.05, 0) is 49.7 Å². The van der Waals surface area contributed by atoms with Crippen LogP contribution in [0.25, 0.3) is 0 Å². The minimum absolute atomic E-state index is 0.0431. The molecule has 1 aromatic rings. The molecular weight excluding hydrogens is 282 g/mol. The molecule has 0 saturated heterocycles. The fraction of sp³-hybridized carbons (Fsp3) is 0.706. The Balaban J connectivity index is 1.59. The summed E-state index contributed by atoms with van der Waals surface area (Å²) in [5, 5.41) is 12.8. The monoisotopic (exact) mass is 307 g/mol. The van der Waals surface area contributed by atoms with Gasteiger partial charge in [0.15, 0.2) is 0 Å². The van der Waals surface area contributed by atoms with Gasteiger partial charge in [-0.25, -0.2) is 0 Å². The lowest BCUT2D eigenvalue weighted by atomic mass is 9.87. The van der Waals surface area contributed by atoms with Gasteiger partial charge in [-0.3, -0.25) is 4.79 Å². The van der Waals surface area contributed by atoms with Crippen LogP contribution in [0.3, 0.4) is 0 Å². The van der Waals surface area contributed by atoms with Crippen LogP contribution in [-0.2, 0) is 12.8 Å². The molecule has 1 saturated carbocycles. The number of carbonyl (C=O) groups excluding carboxylic acids is 1. The summed E-state index contributed by atoms with van der Waals surface area (Å²) in [5.74, 6) is 1.08. The molecule has 0 radical (unpaired) electrons. The highest BCUT2D eigenvalue weighted by molar-refractivity contribution is 7.14. The highest BCUT2D eigenvalue weighted by Gasteiger charge is 2.26. The first kappa shape index (κ1) is 15.0. The number of nitrogens with one attached hydrogen (secondary N) is 1. The summed E-state index contributed by atoms with van der Waals surface area (Å²) in [7, 11) is 0. The van der Waals surface area contributed by atoms with E-state index in [0.29, 0.717) is 6.54 Å². The van der Waals surface area contributed by atoms with Crippen molar-refractivity contribution < 1.29 is 9.90 Å². The summed E-state index contributed by atoms with van der Waals surface area (Å²) in [5.41, 5.74) is 1.39. The van der Waals surface area contributed by atoms with E-state index in [1.165, 1.54) is 23.3 Å². The Bertz CT molecular complexity index is 511. The Hall–Kier alpha value is -0.870. The molecule has 1 amide bonds. The summed E-state index contributed by atoms with van der Waals surface area (Å²) in [6, 6.07) is 2.10. The van der Waals surface area contributed by atoms with Gasteiger partial charge in [0.25, 0.3) is 5.91 Å². The van der Waals surface area contributed by atoms with E-state index >= 15 is 0 Å². The van der Waals surface area contributed by atoms with E-state index in [9.17, 15) is 9.90 Å². The van der Waals surface area contributed by atoms with Crippen LogP contribution in [0.4, 0.5) is 0 Å². The van der Waals surface area contributed by atoms with E-state index in [2.05, 4.69) is 18.3 Å². The second-order valence-electron chi connectivity index (χ2n) is 6.54. The molecular formula is C17H25NO2S. The summed E-state index contributed by atoms with van der Waals surface area (Å²) in [6.07, 6.45) is 7.52. The highest BCUT2D eigenvalue weighted by atomic mass is 32.1. The zero-order valence-corrected chi connectivity index (χ0v) is 13.5. The van der Waals surface area contributed by atoms with Crippen LogP contribution < -0.4 is 5.32 Å². The van der Waals surface area contributed by atoms with Crippen molar-refractivity contribution in [3.63, 3.8) is 0 Å². The van der Waals surface area contributed by atoms with Crippen molar-refractivity contribution in [1.29, 1.82) is 0 Å². The molecule has 4 heteroatoms. The van der Waals surface area contributed by atoms with Gasteiger partial charge in [0.2, 0.25) is 0 Å². The van der Waals surface area contributed by atoms with Crippen molar-refractivity contribution >= 4 is 17.2 Å². The van der Waals surface area contributed by atoms with Gasteiger partial charge in [-0.1, -0.05) is 19.8 Å². The number of hydrogen-bond acceptors (Lipinski definition) is 3. The number of fused-ring (bicyclic) bond motifs is 1. The third kappa shape index (κ3) is 3.32. The number of rotatable bonds is 4. The van der Waals surface area contributed by atoms with Crippen molar-refractivity contribution in [3.05, 3.63) is 21.4 Å². The number of aryl methyl sites for hydroxylation is 1. The third-order valence-corrected chi connectivity index (χ3v) is 6.37. The van der Waals surface area contributed by atoms with Crippen molar-refractivity contribution in [2.24, 2.45) is 11.8 Å². The number of carbonyl (C=O) groups is 1. The smallest absolute Gasteiger partial charge is 0.261 e. The average molecular weight is 307 g/mol. The van der Waals surface area contributed by atoms with E-state index in [4.69, 9.17) is 0 Å². The highest BCUT2D eigenvalue weighted by Crippen LogP contribution is 2.33.